The first-order valence-electron chi connectivity index (χ1n) is 9.03. The molecule has 0 bridgehead atoms. The number of ether oxygens (including phenoxy) is 2. The van der Waals surface area contributed by atoms with E-state index in [1.807, 2.05) is 37.3 Å². The molecule has 1 saturated heterocycles. The maximum absolute atomic E-state index is 13.0. The predicted molar refractivity (Wildman–Crippen MR) is 117 cm³/mol. The van der Waals surface area contributed by atoms with Crippen LogP contribution in [0.1, 0.15) is 12.5 Å². The summed E-state index contributed by atoms with van der Waals surface area (Å²) < 4.78 is 10.5. The number of nitrogens with zero attached hydrogens (tertiary/aromatic N) is 2. The highest BCUT2D eigenvalue weighted by Crippen LogP contribution is 2.39. The van der Waals surface area contributed by atoms with Crippen molar-refractivity contribution in [1.82, 2.24) is 4.90 Å². The number of halogens is 1. The molecule has 0 aliphatic carbocycles. The number of aromatic hydroxyl groups is 1. The van der Waals surface area contributed by atoms with Gasteiger partial charge in [0.15, 0.2) is 16.7 Å². The molecule has 29 heavy (non-hydrogen) atoms. The Labute approximate surface area is 178 Å². The van der Waals surface area contributed by atoms with E-state index in [4.69, 9.17) is 21.1 Å². The number of benzene rings is 2. The van der Waals surface area contributed by atoms with E-state index in [1.54, 1.807) is 17.0 Å². The number of thioether (sulfide) groups is 1. The molecule has 2 aromatic rings. The van der Waals surface area contributed by atoms with Crippen molar-refractivity contribution in [3.8, 4) is 11.5 Å². The van der Waals surface area contributed by atoms with Crippen LogP contribution in [0, 0.1) is 0 Å². The highest BCUT2D eigenvalue weighted by Gasteiger charge is 2.33. The van der Waals surface area contributed by atoms with Gasteiger partial charge < -0.3 is 14.6 Å². The number of carbonyl (C=O) groups excluding carboxylic acids is 1. The number of aliphatic imine (C=N–C) groups is 1. The van der Waals surface area contributed by atoms with E-state index < -0.39 is 0 Å². The van der Waals surface area contributed by atoms with Crippen molar-refractivity contribution in [2.24, 2.45) is 4.99 Å². The lowest BCUT2D eigenvalue weighted by atomic mass is 10.1. The Morgan fingerprint density at radius 2 is 2.03 bits per heavy atom. The van der Waals surface area contributed by atoms with Crippen LogP contribution in [0.2, 0.25) is 5.02 Å². The van der Waals surface area contributed by atoms with Crippen molar-refractivity contribution < 1.29 is 19.4 Å². The van der Waals surface area contributed by atoms with Crippen molar-refractivity contribution in [2.45, 2.75) is 6.92 Å². The zero-order chi connectivity index (χ0) is 20.8. The molecule has 152 valence electrons. The molecule has 1 aliphatic heterocycles. The van der Waals surface area contributed by atoms with Crippen LogP contribution in [-0.4, -0.2) is 47.9 Å². The van der Waals surface area contributed by atoms with E-state index in [2.05, 4.69) is 4.99 Å². The van der Waals surface area contributed by atoms with Crippen molar-refractivity contribution >= 4 is 46.2 Å². The number of phenolic OH excluding ortho intramolecular Hbond substituents is 1. The number of hydrogen-bond donors (Lipinski definition) is 1. The zero-order valence-corrected chi connectivity index (χ0v) is 17.7. The lowest BCUT2D eigenvalue weighted by Crippen LogP contribution is -2.32. The maximum atomic E-state index is 13.0. The number of amides is 1. The van der Waals surface area contributed by atoms with E-state index in [9.17, 15) is 9.90 Å². The average molecular weight is 433 g/mol. The van der Waals surface area contributed by atoms with Crippen LogP contribution >= 0.6 is 23.4 Å². The normalized spacial score (nSPS) is 16.8. The third-order valence-corrected chi connectivity index (χ3v) is 5.33. The van der Waals surface area contributed by atoms with Crippen LogP contribution in [0.25, 0.3) is 6.08 Å². The third-order valence-electron chi connectivity index (χ3n) is 4.11. The molecule has 1 N–H and O–H groups in total. The summed E-state index contributed by atoms with van der Waals surface area (Å²) in [6, 6.07) is 12.5. The summed E-state index contributed by atoms with van der Waals surface area (Å²) in [7, 11) is 1.44. The second-order valence-corrected chi connectivity index (χ2v) is 7.49. The van der Waals surface area contributed by atoms with E-state index in [-0.39, 0.29) is 17.4 Å². The Bertz CT molecular complexity index is 947. The number of phenols is 1. The second-order valence-electron chi connectivity index (χ2n) is 6.04. The van der Waals surface area contributed by atoms with Gasteiger partial charge in [-0.2, -0.15) is 0 Å². The molecule has 3 rings (SSSR count). The summed E-state index contributed by atoms with van der Waals surface area (Å²) in [6.45, 7) is 3.26. The quantitative estimate of drug-likeness (QED) is 0.507. The molecule has 0 unspecified atom stereocenters. The van der Waals surface area contributed by atoms with Gasteiger partial charge in [-0.25, -0.2) is 4.99 Å². The minimum Gasteiger partial charge on any atom is -0.504 e. The van der Waals surface area contributed by atoms with Gasteiger partial charge in [0, 0.05) is 23.3 Å². The van der Waals surface area contributed by atoms with Crippen LogP contribution in [0.4, 0.5) is 5.69 Å². The number of para-hydroxylation sites is 1. The van der Waals surface area contributed by atoms with E-state index in [0.29, 0.717) is 40.4 Å². The molecule has 1 fully saturated rings. The van der Waals surface area contributed by atoms with E-state index in [1.165, 1.54) is 24.9 Å². The van der Waals surface area contributed by atoms with E-state index in [0.717, 1.165) is 5.69 Å². The molecule has 0 atom stereocenters. The van der Waals surface area contributed by atoms with Gasteiger partial charge in [-0.15, -0.1) is 0 Å². The SMILES string of the molecule is CCOCCN1C(=O)/C(=C/c2cc(Cl)cc(OC)c2O)SC1=Nc1ccccc1. The Hall–Kier alpha value is -2.48. The highest BCUT2D eigenvalue weighted by atomic mass is 35.5. The lowest BCUT2D eigenvalue weighted by molar-refractivity contribution is -0.122. The Morgan fingerprint density at radius 3 is 2.72 bits per heavy atom. The van der Waals surface area contributed by atoms with Gasteiger partial charge in [-0.05, 0) is 43.0 Å². The van der Waals surface area contributed by atoms with Gasteiger partial charge in [0.25, 0.3) is 5.91 Å². The standard InChI is InChI=1S/C21H21ClN2O4S/c1-3-28-10-9-24-20(26)18(29-21(24)23-16-7-5-4-6-8-16)12-14-11-15(22)13-17(27-2)19(14)25/h4-8,11-13,25H,3,9-10H2,1-2H3/b18-12-,23-21?. The van der Waals surface area contributed by atoms with Crippen molar-refractivity contribution in [3.63, 3.8) is 0 Å². The second kappa shape index (κ2) is 9.82. The summed E-state index contributed by atoms with van der Waals surface area (Å²) in [6.07, 6.45) is 1.60. The largest absolute Gasteiger partial charge is 0.504 e. The molecule has 6 nitrogen and oxygen atoms in total. The summed E-state index contributed by atoms with van der Waals surface area (Å²) >= 11 is 7.35. The van der Waals surface area contributed by atoms with Crippen LogP contribution in [-0.2, 0) is 9.53 Å². The molecule has 0 spiro atoms. The maximum Gasteiger partial charge on any atom is 0.266 e. The first-order chi connectivity index (χ1) is 14.0. The Morgan fingerprint density at radius 1 is 1.28 bits per heavy atom. The molecule has 2 aromatic carbocycles. The van der Waals surface area contributed by atoms with Crippen molar-refractivity contribution in [3.05, 3.63) is 58.0 Å². The smallest absolute Gasteiger partial charge is 0.266 e. The molecule has 0 saturated carbocycles. The molecule has 1 amide bonds. The number of methoxy groups -OCH3 is 1. The van der Waals surface area contributed by atoms with Gasteiger partial charge in [0.05, 0.1) is 30.9 Å². The summed E-state index contributed by atoms with van der Waals surface area (Å²) in [4.78, 5) is 19.6. The summed E-state index contributed by atoms with van der Waals surface area (Å²) in [5.41, 5.74) is 1.15. The minimum absolute atomic E-state index is 0.0767. The van der Waals surface area contributed by atoms with Crippen LogP contribution in [0.5, 0.6) is 11.5 Å². The van der Waals surface area contributed by atoms with Gasteiger partial charge in [-0.1, -0.05) is 29.8 Å². The van der Waals surface area contributed by atoms with Crippen LogP contribution in [0.15, 0.2) is 52.4 Å². The monoisotopic (exact) mass is 432 g/mol. The summed E-state index contributed by atoms with van der Waals surface area (Å²) in [5.74, 6) is -0.0407. The summed E-state index contributed by atoms with van der Waals surface area (Å²) in [5, 5.41) is 11.3. The molecule has 1 aliphatic rings. The third kappa shape index (κ3) is 5.12. The molecule has 0 radical (unpaired) electrons. The molecule has 1 heterocycles. The van der Waals surface area contributed by atoms with Gasteiger partial charge in [-0.3, -0.25) is 9.69 Å². The van der Waals surface area contributed by atoms with Crippen LogP contribution < -0.4 is 4.74 Å². The predicted octanol–water partition coefficient (Wildman–Crippen LogP) is 4.69. The Balaban J connectivity index is 1.96. The Kier molecular flexibility index (Phi) is 7.19. The average Bonchev–Trinajstić information content (AvgIpc) is 3.00. The van der Waals surface area contributed by atoms with Gasteiger partial charge in [0.1, 0.15) is 0 Å². The first kappa shape index (κ1) is 21.2. The molecule has 8 heteroatoms. The van der Waals surface area contributed by atoms with Crippen molar-refractivity contribution in [1.29, 1.82) is 0 Å². The van der Waals surface area contributed by atoms with E-state index >= 15 is 0 Å². The van der Waals surface area contributed by atoms with Crippen molar-refractivity contribution in [2.75, 3.05) is 26.9 Å². The number of carbonyl (C=O) groups is 1. The molecular formula is C21H21ClN2O4S. The topological polar surface area (TPSA) is 71.4 Å². The number of amidine groups is 1. The number of rotatable bonds is 7. The highest BCUT2D eigenvalue weighted by molar-refractivity contribution is 8.18. The van der Waals surface area contributed by atoms with Crippen LogP contribution in [0.3, 0.4) is 0 Å². The molecule has 0 aromatic heterocycles. The zero-order valence-electron chi connectivity index (χ0n) is 16.1. The number of hydrogen-bond acceptors (Lipinski definition) is 6. The fourth-order valence-electron chi connectivity index (χ4n) is 2.70. The van der Waals surface area contributed by atoms with Gasteiger partial charge in [0.2, 0.25) is 0 Å². The minimum atomic E-state index is -0.206. The molecular weight excluding hydrogens is 412 g/mol. The first-order valence-corrected chi connectivity index (χ1v) is 10.2. The fourth-order valence-corrected chi connectivity index (χ4v) is 3.94. The van der Waals surface area contributed by atoms with Gasteiger partial charge >= 0.3 is 0 Å². The lowest BCUT2D eigenvalue weighted by Gasteiger charge is -2.15. The fraction of sp³-hybridized carbons (Fsp3) is 0.238.